The molecule has 1 amide bonds. The molecular formula is C22H33NO5. The number of aliphatic carboxylic acids is 1. The van der Waals surface area contributed by atoms with Crippen LogP contribution in [0, 0.1) is 5.92 Å². The van der Waals surface area contributed by atoms with Crippen LogP contribution in [0.15, 0.2) is 30.3 Å². The number of carbonyl (C=O) groups excluding carboxylic acids is 1. The molecule has 1 fully saturated rings. The second-order valence-corrected chi connectivity index (χ2v) is 8.55. The summed E-state index contributed by atoms with van der Waals surface area (Å²) in [5.41, 5.74) is 0.241. The zero-order valence-electron chi connectivity index (χ0n) is 17.1. The molecule has 0 aromatic heterocycles. The van der Waals surface area contributed by atoms with Crippen molar-refractivity contribution in [2.24, 2.45) is 5.92 Å². The maximum atomic E-state index is 12.3. The number of carboxylic acid groups (broad SMARTS) is 1. The molecule has 0 spiro atoms. The molecule has 6 nitrogen and oxygen atoms in total. The monoisotopic (exact) mass is 391 g/mol. The molecule has 2 atom stereocenters. The number of hydrogen-bond donors (Lipinski definition) is 2. The van der Waals surface area contributed by atoms with Gasteiger partial charge in [0.15, 0.2) is 6.10 Å². The Balaban J connectivity index is 2.09. The number of benzene rings is 1. The SMILES string of the molecule is CC(C)(C)OC(=O)NC(CC1CCCCC1)C(OCc1ccccc1)C(=O)O. The number of alkyl carbamates (subject to hydrolysis) is 1. The highest BCUT2D eigenvalue weighted by Crippen LogP contribution is 2.29. The average Bonchev–Trinajstić information content (AvgIpc) is 2.61. The summed E-state index contributed by atoms with van der Waals surface area (Å²) in [6, 6.07) is 8.79. The normalized spacial score (nSPS) is 17.5. The van der Waals surface area contributed by atoms with Crippen molar-refractivity contribution in [2.45, 2.75) is 83.6 Å². The Kier molecular flexibility index (Phi) is 8.30. The Bertz CT molecular complexity index is 620. The lowest BCUT2D eigenvalue weighted by Gasteiger charge is -2.31. The Labute approximate surface area is 167 Å². The first-order chi connectivity index (χ1) is 13.2. The fraction of sp³-hybridized carbons (Fsp3) is 0.636. The van der Waals surface area contributed by atoms with Crippen molar-refractivity contribution in [3.63, 3.8) is 0 Å². The predicted molar refractivity (Wildman–Crippen MR) is 107 cm³/mol. The fourth-order valence-corrected chi connectivity index (χ4v) is 3.62. The molecule has 0 saturated heterocycles. The molecule has 156 valence electrons. The number of nitrogens with one attached hydrogen (secondary N) is 1. The predicted octanol–water partition coefficient (Wildman–Crippen LogP) is 4.52. The first kappa shape index (κ1) is 22.2. The molecule has 0 heterocycles. The van der Waals surface area contributed by atoms with E-state index in [2.05, 4.69) is 5.32 Å². The van der Waals surface area contributed by atoms with E-state index >= 15 is 0 Å². The molecule has 2 rings (SSSR count). The minimum absolute atomic E-state index is 0.176. The van der Waals surface area contributed by atoms with Crippen LogP contribution in [0.1, 0.15) is 64.9 Å². The third kappa shape index (κ3) is 7.89. The molecule has 28 heavy (non-hydrogen) atoms. The summed E-state index contributed by atoms with van der Waals surface area (Å²) in [6.45, 7) is 5.52. The van der Waals surface area contributed by atoms with E-state index in [-0.39, 0.29) is 6.61 Å². The Morgan fingerprint density at radius 3 is 2.36 bits per heavy atom. The number of rotatable bonds is 8. The summed E-state index contributed by atoms with van der Waals surface area (Å²) in [6.07, 6.45) is 4.45. The van der Waals surface area contributed by atoms with Gasteiger partial charge in [-0.3, -0.25) is 0 Å². The van der Waals surface area contributed by atoms with Gasteiger partial charge in [-0.05, 0) is 38.7 Å². The van der Waals surface area contributed by atoms with E-state index in [0.717, 1.165) is 31.2 Å². The zero-order valence-corrected chi connectivity index (χ0v) is 17.1. The first-order valence-electron chi connectivity index (χ1n) is 10.1. The minimum Gasteiger partial charge on any atom is -0.479 e. The summed E-state index contributed by atoms with van der Waals surface area (Å²) in [5, 5.41) is 12.6. The van der Waals surface area contributed by atoms with Gasteiger partial charge in [-0.25, -0.2) is 9.59 Å². The molecule has 0 bridgehead atoms. The van der Waals surface area contributed by atoms with Gasteiger partial charge in [0.1, 0.15) is 5.60 Å². The van der Waals surface area contributed by atoms with Crippen LogP contribution < -0.4 is 5.32 Å². The van der Waals surface area contributed by atoms with Crippen LogP contribution in [-0.2, 0) is 20.9 Å². The number of hydrogen-bond acceptors (Lipinski definition) is 4. The van der Waals surface area contributed by atoms with Gasteiger partial charge in [0.05, 0.1) is 12.6 Å². The minimum atomic E-state index is -1.13. The van der Waals surface area contributed by atoms with Crippen molar-refractivity contribution < 1.29 is 24.2 Å². The first-order valence-corrected chi connectivity index (χ1v) is 10.1. The smallest absolute Gasteiger partial charge is 0.407 e. The highest BCUT2D eigenvalue weighted by molar-refractivity contribution is 5.75. The van der Waals surface area contributed by atoms with Gasteiger partial charge in [0, 0.05) is 0 Å². The van der Waals surface area contributed by atoms with Crippen LogP contribution >= 0.6 is 0 Å². The van der Waals surface area contributed by atoms with Crippen molar-refractivity contribution in [2.75, 3.05) is 0 Å². The molecule has 1 saturated carbocycles. The number of amides is 1. The maximum absolute atomic E-state index is 12.3. The summed E-state index contributed by atoms with van der Waals surface area (Å²) in [4.78, 5) is 24.3. The number of ether oxygens (including phenoxy) is 2. The maximum Gasteiger partial charge on any atom is 0.407 e. The molecule has 0 aliphatic heterocycles. The Hall–Kier alpha value is -2.08. The van der Waals surface area contributed by atoms with Crippen LogP contribution in [0.25, 0.3) is 0 Å². The molecule has 2 unspecified atom stereocenters. The summed E-state index contributed by atoms with van der Waals surface area (Å²) < 4.78 is 11.1. The van der Waals surface area contributed by atoms with E-state index in [1.165, 1.54) is 6.42 Å². The van der Waals surface area contributed by atoms with Crippen molar-refractivity contribution in [3.05, 3.63) is 35.9 Å². The number of carboxylic acids is 1. The van der Waals surface area contributed by atoms with Crippen LogP contribution in [0.3, 0.4) is 0 Å². The average molecular weight is 392 g/mol. The molecule has 1 aliphatic carbocycles. The van der Waals surface area contributed by atoms with E-state index in [9.17, 15) is 14.7 Å². The molecule has 6 heteroatoms. The van der Waals surface area contributed by atoms with Gasteiger partial charge in [0.25, 0.3) is 0 Å². The third-order valence-electron chi connectivity index (χ3n) is 4.90. The highest BCUT2D eigenvalue weighted by Gasteiger charge is 2.34. The third-order valence-corrected chi connectivity index (χ3v) is 4.90. The van der Waals surface area contributed by atoms with Crippen molar-refractivity contribution >= 4 is 12.1 Å². The van der Waals surface area contributed by atoms with E-state index in [0.29, 0.717) is 12.3 Å². The fourth-order valence-electron chi connectivity index (χ4n) is 3.62. The van der Waals surface area contributed by atoms with Crippen LogP contribution in [0.2, 0.25) is 0 Å². The van der Waals surface area contributed by atoms with Crippen molar-refractivity contribution in [1.29, 1.82) is 0 Å². The topological polar surface area (TPSA) is 84.9 Å². The molecule has 1 aliphatic rings. The molecule has 1 aromatic rings. The van der Waals surface area contributed by atoms with Crippen LogP contribution in [0.5, 0.6) is 0 Å². The molecular weight excluding hydrogens is 358 g/mol. The molecule has 0 radical (unpaired) electrons. The second kappa shape index (κ2) is 10.5. The van der Waals surface area contributed by atoms with E-state index in [1.54, 1.807) is 20.8 Å². The van der Waals surface area contributed by atoms with Gasteiger partial charge in [0.2, 0.25) is 0 Å². The van der Waals surface area contributed by atoms with E-state index in [4.69, 9.17) is 9.47 Å². The molecule has 2 N–H and O–H groups in total. The largest absolute Gasteiger partial charge is 0.479 e. The van der Waals surface area contributed by atoms with Crippen LogP contribution in [-0.4, -0.2) is 34.9 Å². The van der Waals surface area contributed by atoms with Crippen molar-refractivity contribution in [3.8, 4) is 0 Å². The lowest BCUT2D eigenvalue weighted by molar-refractivity contribution is -0.153. The lowest BCUT2D eigenvalue weighted by atomic mass is 9.83. The van der Waals surface area contributed by atoms with Crippen LogP contribution in [0.4, 0.5) is 4.79 Å². The summed E-state index contributed by atoms with van der Waals surface area (Å²) in [7, 11) is 0. The van der Waals surface area contributed by atoms with E-state index < -0.39 is 29.8 Å². The highest BCUT2D eigenvalue weighted by atomic mass is 16.6. The number of carbonyl (C=O) groups is 2. The Morgan fingerprint density at radius 2 is 1.79 bits per heavy atom. The van der Waals surface area contributed by atoms with E-state index in [1.807, 2.05) is 30.3 Å². The Morgan fingerprint density at radius 1 is 1.14 bits per heavy atom. The zero-order chi connectivity index (χ0) is 20.6. The standard InChI is InChI=1S/C22H33NO5/c1-22(2,3)28-21(26)23-18(14-16-10-6-4-7-11-16)19(20(24)25)27-15-17-12-8-5-9-13-17/h5,8-9,12-13,16,18-19H,4,6-7,10-11,14-15H2,1-3H3,(H,23,26)(H,24,25). The molecule has 1 aromatic carbocycles. The quantitative estimate of drug-likeness (QED) is 0.680. The summed E-state index contributed by atoms with van der Waals surface area (Å²) >= 11 is 0. The van der Waals surface area contributed by atoms with Crippen molar-refractivity contribution in [1.82, 2.24) is 5.32 Å². The second-order valence-electron chi connectivity index (χ2n) is 8.55. The van der Waals surface area contributed by atoms with Gasteiger partial charge in [-0.15, -0.1) is 0 Å². The van der Waals surface area contributed by atoms with Gasteiger partial charge >= 0.3 is 12.1 Å². The van der Waals surface area contributed by atoms with Gasteiger partial charge in [-0.1, -0.05) is 62.4 Å². The van der Waals surface area contributed by atoms with Gasteiger partial charge in [-0.2, -0.15) is 0 Å². The lowest BCUT2D eigenvalue weighted by Crippen LogP contribution is -2.50. The summed E-state index contributed by atoms with van der Waals surface area (Å²) in [5.74, 6) is -0.691. The van der Waals surface area contributed by atoms with Gasteiger partial charge < -0.3 is 19.9 Å².